The Bertz CT molecular complexity index is 1040. The number of hydrogen-bond donors (Lipinski definition) is 2. The second-order valence-electron chi connectivity index (χ2n) is 9.39. The Morgan fingerprint density at radius 1 is 1.08 bits per heavy atom. The van der Waals surface area contributed by atoms with E-state index < -0.39 is 42.3 Å². The number of nitrogens with zero attached hydrogens (tertiary/aromatic N) is 1. The average Bonchev–Trinajstić information content (AvgIpc) is 2.83. The summed E-state index contributed by atoms with van der Waals surface area (Å²) in [5, 5.41) is 12.0. The van der Waals surface area contributed by atoms with Crippen LogP contribution in [0.2, 0.25) is 0 Å². The van der Waals surface area contributed by atoms with Crippen molar-refractivity contribution >= 4 is 12.0 Å². The first-order valence-electron chi connectivity index (χ1n) is 12.0. The number of carbonyl (C=O) groups excluding carboxylic acids is 1. The Labute approximate surface area is 210 Å². The number of urea groups is 1. The van der Waals surface area contributed by atoms with Gasteiger partial charge in [0.2, 0.25) is 0 Å². The van der Waals surface area contributed by atoms with Crippen LogP contribution in [0.5, 0.6) is 11.5 Å². The van der Waals surface area contributed by atoms with Crippen molar-refractivity contribution < 1.29 is 33.0 Å². The topological polar surface area (TPSA) is 88.1 Å². The third-order valence-corrected chi connectivity index (χ3v) is 6.82. The van der Waals surface area contributed by atoms with E-state index in [1.807, 2.05) is 44.2 Å². The van der Waals surface area contributed by atoms with Crippen LogP contribution >= 0.6 is 0 Å². The zero-order chi connectivity index (χ0) is 26.5. The maximum atomic E-state index is 13.6. The number of amides is 2. The van der Waals surface area contributed by atoms with E-state index in [4.69, 9.17) is 9.47 Å². The lowest BCUT2D eigenvalue weighted by Crippen LogP contribution is -2.68. The Morgan fingerprint density at radius 3 is 2.17 bits per heavy atom. The largest absolute Gasteiger partial charge is 0.496 e. The van der Waals surface area contributed by atoms with E-state index in [2.05, 4.69) is 5.32 Å². The van der Waals surface area contributed by atoms with Crippen molar-refractivity contribution in [2.75, 3.05) is 20.8 Å². The summed E-state index contributed by atoms with van der Waals surface area (Å²) in [7, 11) is 3.08. The first-order chi connectivity index (χ1) is 17.0. The normalized spacial score (nSPS) is 16.4. The first kappa shape index (κ1) is 27.2. The van der Waals surface area contributed by atoms with Gasteiger partial charge in [0.05, 0.1) is 20.3 Å². The third-order valence-electron chi connectivity index (χ3n) is 6.82. The van der Waals surface area contributed by atoms with Gasteiger partial charge in [-0.05, 0) is 56.4 Å². The molecule has 36 heavy (non-hydrogen) atoms. The van der Waals surface area contributed by atoms with E-state index in [1.54, 1.807) is 12.1 Å². The Morgan fingerprint density at radius 2 is 1.67 bits per heavy atom. The number of rotatable bonds is 11. The van der Waals surface area contributed by atoms with Crippen molar-refractivity contribution in [3.63, 3.8) is 0 Å². The van der Waals surface area contributed by atoms with Crippen molar-refractivity contribution in [3.8, 4) is 11.5 Å². The summed E-state index contributed by atoms with van der Waals surface area (Å²) in [5.74, 6) is -3.41. The van der Waals surface area contributed by atoms with Crippen molar-refractivity contribution in [2.24, 2.45) is 0 Å². The van der Waals surface area contributed by atoms with Gasteiger partial charge in [-0.3, -0.25) is 0 Å². The quantitative estimate of drug-likeness (QED) is 0.402. The second kappa shape index (κ2) is 11.1. The molecule has 0 spiro atoms. The van der Waals surface area contributed by atoms with Crippen LogP contribution in [0.25, 0.3) is 0 Å². The summed E-state index contributed by atoms with van der Waals surface area (Å²) >= 11 is 0. The molecule has 2 N–H and O–H groups in total. The van der Waals surface area contributed by atoms with Crippen molar-refractivity contribution in [2.45, 2.75) is 63.5 Å². The fraction of sp³-hybridized carbons (Fsp3) is 0.481. The molecule has 2 aromatic rings. The number of aliphatic carboxylic acids is 1. The number of benzene rings is 2. The molecule has 2 amide bonds. The molecule has 0 bridgehead atoms. The summed E-state index contributed by atoms with van der Waals surface area (Å²) in [6.45, 7) is 3.97. The van der Waals surface area contributed by atoms with Gasteiger partial charge in [-0.1, -0.05) is 30.3 Å². The number of ether oxygens (including phenoxy) is 2. The van der Waals surface area contributed by atoms with E-state index in [-0.39, 0.29) is 0 Å². The summed E-state index contributed by atoms with van der Waals surface area (Å²) in [4.78, 5) is 26.7. The molecule has 0 radical (unpaired) electrons. The van der Waals surface area contributed by atoms with Gasteiger partial charge in [0, 0.05) is 24.9 Å². The average molecular weight is 505 g/mol. The van der Waals surface area contributed by atoms with Gasteiger partial charge in [-0.25, -0.2) is 18.4 Å². The molecule has 0 heterocycles. The van der Waals surface area contributed by atoms with Crippen LogP contribution in [0, 0.1) is 6.92 Å². The zero-order valence-electron chi connectivity index (χ0n) is 21.1. The highest BCUT2D eigenvalue weighted by atomic mass is 19.3. The Balaban J connectivity index is 1.82. The zero-order valence-corrected chi connectivity index (χ0v) is 21.1. The fourth-order valence-corrected chi connectivity index (χ4v) is 4.66. The highest BCUT2D eigenvalue weighted by Crippen LogP contribution is 2.46. The summed E-state index contributed by atoms with van der Waals surface area (Å²) in [6, 6.07) is 12.4. The van der Waals surface area contributed by atoms with Crippen LogP contribution in [-0.4, -0.2) is 54.2 Å². The Kier molecular flexibility index (Phi) is 8.43. The third kappa shape index (κ3) is 6.06. The van der Waals surface area contributed by atoms with Crippen LogP contribution in [0.3, 0.4) is 0 Å². The van der Waals surface area contributed by atoms with E-state index in [0.29, 0.717) is 24.5 Å². The molecular formula is C27H34F2N2O5. The minimum absolute atomic E-state index is 0.310. The van der Waals surface area contributed by atoms with E-state index >= 15 is 0 Å². The standard InChI is InChI=1S/C27H34F2N2O5/c1-18-22(35-3)14-21(15-23(18)36-4)19(2)31(13-9-8-12-20-10-6-5-7-11-20)25(34)30-26(24(32)33)16-27(28,29)17-26/h5-7,10-11,14-15,19H,8-9,12-13,16-17H2,1-4H3,(H,30,34)(H,32,33)/t19-/m1/s1. The second-order valence-corrected chi connectivity index (χ2v) is 9.39. The lowest BCUT2D eigenvalue weighted by atomic mass is 9.73. The van der Waals surface area contributed by atoms with Gasteiger partial charge in [0.15, 0.2) is 5.54 Å². The molecule has 2 aromatic carbocycles. The molecule has 1 aliphatic carbocycles. The summed E-state index contributed by atoms with van der Waals surface area (Å²) < 4.78 is 38.2. The van der Waals surface area contributed by atoms with Gasteiger partial charge in [-0.2, -0.15) is 0 Å². The number of halogens is 2. The van der Waals surface area contributed by atoms with Gasteiger partial charge >= 0.3 is 12.0 Å². The molecule has 0 unspecified atom stereocenters. The SMILES string of the molecule is COc1cc([C@@H](C)N(CCCCc2ccccc2)C(=O)NC2(C(=O)O)CC(F)(F)C2)cc(OC)c1C. The molecule has 7 nitrogen and oxygen atoms in total. The highest BCUT2D eigenvalue weighted by Gasteiger charge is 2.62. The smallest absolute Gasteiger partial charge is 0.329 e. The van der Waals surface area contributed by atoms with Crippen LogP contribution in [0.1, 0.15) is 55.3 Å². The number of carboxylic acid groups (broad SMARTS) is 1. The molecular weight excluding hydrogens is 470 g/mol. The monoisotopic (exact) mass is 504 g/mol. The van der Waals surface area contributed by atoms with Gasteiger partial charge < -0.3 is 24.8 Å². The van der Waals surface area contributed by atoms with Gasteiger partial charge in [-0.15, -0.1) is 0 Å². The minimum Gasteiger partial charge on any atom is -0.496 e. The lowest BCUT2D eigenvalue weighted by Gasteiger charge is -2.45. The fourth-order valence-electron chi connectivity index (χ4n) is 4.66. The van der Waals surface area contributed by atoms with Crippen molar-refractivity contribution in [1.82, 2.24) is 10.2 Å². The molecule has 1 fully saturated rings. The Hall–Kier alpha value is -3.36. The molecule has 0 saturated heterocycles. The van der Waals surface area contributed by atoms with Crippen LogP contribution in [0.4, 0.5) is 13.6 Å². The number of alkyl halides is 2. The van der Waals surface area contributed by atoms with Gasteiger partial charge in [0.25, 0.3) is 5.92 Å². The van der Waals surface area contributed by atoms with Crippen LogP contribution < -0.4 is 14.8 Å². The number of aryl methyl sites for hydroxylation is 1. The summed E-state index contributed by atoms with van der Waals surface area (Å²) in [5.41, 5.74) is 0.717. The van der Waals surface area contributed by atoms with Gasteiger partial charge in [0.1, 0.15) is 11.5 Å². The van der Waals surface area contributed by atoms with Crippen LogP contribution in [0.15, 0.2) is 42.5 Å². The number of nitrogens with one attached hydrogen (secondary N) is 1. The molecule has 0 aliphatic heterocycles. The molecule has 1 atom stereocenters. The van der Waals surface area contributed by atoms with Crippen LogP contribution in [-0.2, 0) is 11.2 Å². The number of carbonyl (C=O) groups is 2. The molecule has 0 aromatic heterocycles. The minimum atomic E-state index is -3.12. The molecule has 3 rings (SSSR count). The summed E-state index contributed by atoms with van der Waals surface area (Å²) in [6.07, 6.45) is 0.404. The predicted octanol–water partition coefficient (Wildman–Crippen LogP) is 5.36. The van der Waals surface area contributed by atoms with Crippen molar-refractivity contribution in [1.29, 1.82) is 0 Å². The van der Waals surface area contributed by atoms with Crippen molar-refractivity contribution in [3.05, 3.63) is 59.2 Å². The highest BCUT2D eigenvalue weighted by molar-refractivity contribution is 5.88. The molecule has 196 valence electrons. The number of hydrogen-bond acceptors (Lipinski definition) is 4. The molecule has 9 heteroatoms. The van der Waals surface area contributed by atoms with E-state index in [9.17, 15) is 23.5 Å². The van der Waals surface area contributed by atoms with E-state index in [1.165, 1.54) is 24.7 Å². The number of carboxylic acids is 1. The number of unbranched alkanes of at least 4 members (excludes halogenated alkanes) is 1. The number of methoxy groups -OCH3 is 2. The lowest BCUT2D eigenvalue weighted by molar-refractivity contribution is -0.175. The van der Waals surface area contributed by atoms with E-state index in [0.717, 1.165) is 24.0 Å². The molecule has 1 saturated carbocycles. The first-order valence-corrected chi connectivity index (χ1v) is 12.0. The maximum Gasteiger partial charge on any atom is 0.329 e. The molecule has 1 aliphatic rings. The predicted molar refractivity (Wildman–Crippen MR) is 132 cm³/mol. The maximum absolute atomic E-state index is 13.6.